The molecule has 0 aliphatic heterocycles. The lowest BCUT2D eigenvalue weighted by molar-refractivity contribution is -0.886. The first-order valence-electron chi connectivity index (χ1n) is 5.02. The molecule has 2 atom stereocenters. The summed E-state index contributed by atoms with van der Waals surface area (Å²) in [6.07, 6.45) is 0. The molecule has 0 radical (unpaired) electrons. The third-order valence-electron chi connectivity index (χ3n) is 2.62. The summed E-state index contributed by atoms with van der Waals surface area (Å²) >= 11 is 0. The molecule has 0 heterocycles. The van der Waals surface area contributed by atoms with Gasteiger partial charge in [-0.25, -0.2) is 0 Å². The normalized spacial score (nSPS) is 16.1. The molecule has 14 heavy (non-hydrogen) atoms. The first-order valence-corrected chi connectivity index (χ1v) is 5.02. The Hall–Kier alpha value is -0.700. The van der Waals surface area contributed by atoms with Gasteiger partial charge >= 0.3 is 0 Å². The summed E-state index contributed by atoms with van der Waals surface area (Å²) in [5, 5.41) is 0. The largest absolute Gasteiger partial charge is 0.323 e. The number of likely N-dealkylation sites (N-methyl/N-ethyl adjacent to an activating group) is 1. The van der Waals surface area contributed by atoms with Crippen LogP contribution in [0.5, 0.6) is 0 Å². The van der Waals surface area contributed by atoms with E-state index in [2.05, 4.69) is 0 Å². The summed E-state index contributed by atoms with van der Waals surface area (Å²) in [6.45, 7) is 9.55. The van der Waals surface area contributed by atoms with Crippen molar-refractivity contribution in [1.82, 2.24) is 0 Å². The third kappa shape index (κ3) is 4.01. The van der Waals surface area contributed by atoms with Gasteiger partial charge in [-0.3, -0.25) is 9.59 Å². The summed E-state index contributed by atoms with van der Waals surface area (Å²) in [4.78, 5) is 23.7. The maximum absolute atomic E-state index is 11.7. The average molecular weight is 200 g/mol. The summed E-state index contributed by atoms with van der Waals surface area (Å²) < 4.78 is 0. The molecule has 0 bridgehead atoms. The molecule has 0 fully saturated rings. The van der Waals surface area contributed by atoms with Gasteiger partial charge in [-0.15, -0.1) is 0 Å². The Balaban J connectivity index is 4.27. The molecule has 0 saturated carbocycles. The molecule has 1 N–H and O–H groups in total. The molecule has 1 unspecified atom stereocenters. The van der Waals surface area contributed by atoms with Crippen molar-refractivity contribution in [3.05, 3.63) is 0 Å². The molecular weight excluding hydrogens is 178 g/mol. The second kappa shape index (κ2) is 4.69. The quantitative estimate of drug-likeness (QED) is 0.698. The van der Waals surface area contributed by atoms with Gasteiger partial charge in [-0.05, 0) is 6.92 Å². The molecule has 3 nitrogen and oxygen atoms in total. The zero-order chi connectivity index (χ0) is 11.5. The molecule has 0 aliphatic rings. The first kappa shape index (κ1) is 13.3. The smallest absolute Gasteiger partial charge is 0.192 e. The molecule has 82 valence electrons. The Labute approximate surface area is 86.5 Å². The maximum Gasteiger partial charge on any atom is 0.192 e. The summed E-state index contributed by atoms with van der Waals surface area (Å²) in [7, 11) is 1.88. The molecular formula is C11H22NO2+. The van der Waals surface area contributed by atoms with Crippen molar-refractivity contribution in [2.75, 3.05) is 13.6 Å². The van der Waals surface area contributed by atoms with E-state index in [0.29, 0.717) is 6.54 Å². The van der Waals surface area contributed by atoms with Crippen molar-refractivity contribution < 1.29 is 14.5 Å². The molecule has 0 amide bonds. The number of nitrogens with one attached hydrogen (secondary N) is 1. The molecule has 3 heteroatoms. The van der Waals surface area contributed by atoms with Crippen LogP contribution >= 0.6 is 0 Å². The first-order chi connectivity index (χ1) is 6.16. The van der Waals surface area contributed by atoms with E-state index in [0.717, 1.165) is 4.90 Å². The number of carbonyl (C=O) groups excluding carboxylic acids is 2. The predicted octanol–water partition coefficient (Wildman–Crippen LogP) is 0.0938. The monoisotopic (exact) mass is 200 g/mol. The second-order valence-electron chi connectivity index (χ2n) is 5.03. The molecule has 0 aromatic carbocycles. The van der Waals surface area contributed by atoms with Gasteiger partial charge in [0.15, 0.2) is 11.6 Å². The van der Waals surface area contributed by atoms with Gasteiger partial charge in [0.25, 0.3) is 0 Å². The van der Waals surface area contributed by atoms with Crippen molar-refractivity contribution in [2.24, 2.45) is 5.41 Å². The van der Waals surface area contributed by atoms with E-state index in [-0.39, 0.29) is 23.0 Å². The molecule has 0 rings (SSSR count). The van der Waals surface area contributed by atoms with Gasteiger partial charge in [0, 0.05) is 12.3 Å². The fraction of sp³-hybridized carbons (Fsp3) is 0.818. The maximum atomic E-state index is 11.7. The highest BCUT2D eigenvalue weighted by atomic mass is 16.1. The van der Waals surface area contributed by atoms with E-state index in [1.165, 1.54) is 0 Å². The van der Waals surface area contributed by atoms with E-state index in [4.69, 9.17) is 0 Å². The zero-order valence-electron chi connectivity index (χ0n) is 10.1. The van der Waals surface area contributed by atoms with Crippen molar-refractivity contribution >= 4 is 11.6 Å². The van der Waals surface area contributed by atoms with Crippen LogP contribution in [0.1, 0.15) is 34.6 Å². The van der Waals surface area contributed by atoms with Crippen LogP contribution in [-0.4, -0.2) is 31.2 Å². The number of hydrogen-bond donors (Lipinski definition) is 1. The van der Waals surface area contributed by atoms with Crippen LogP contribution in [0, 0.1) is 5.41 Å². The van der Waals surface area contributed by atoms with Crippen LogP contribution in [0.4, 0.5) is 0 Å². The number of quaternary nitrogens is 1. The molecule has 0 saturated heterocycles. The van der Waals surface area contributed by atoms with Gasteiger partial charge in [-0.2, -0.15) is 0 Å². The van der Waals surface area contributed by atoms with Gasteiger partial charge in [-0.1, -0.05) is 20.8 Å². The summed E-state index contributed by atoms with van der Waals surface area (Å²) in [5.74, 6) is 0.326. The van der Waals surface area contributed by atoms with Crippen LogP contribution in [0.3, 0.4) is 0 Å². The Morgan fingerprint density at radius 1 is 1.29 bits per heavy atom. The highest BCUT2D eigenvalue weighted by Crippen LogP contribution is 2.12. The van der Waals surface area contributed by atoms with Crippen LogP contribution < -0.4 is 4.90 Å². The number of rotatable bonds is 4. The topological polar surface area (TPSA) is 38.6 Å². The molecule has 0 aliphatic carbocycles. The highest BCUT2D eigenvalue weighted by molar-refractivity contribution is 5.85. The average Bonchev–Trinajstić information content (AvgIpc) is 2.00. The minimum Gasteiger partial charge on any atom is -0.323 e. The van der Waals surface area contributed by atoms with E-state index < -0.39 is 0 Å². The predicted molar refractivity (Wildman–Crippen MR) is 56.4 cm³/mol. The van der Waals surface area contributed by atoms with Crippen molar-refractivity contribution in [3.8, 4) is 0 Å². The minimum atomic E-state index is -0.308. The molecule has 0 spiro atoms. The van der Waals surface area contributed by atoms with Crippen LogP contribution in [0.15, 0.2) is 0 Å². The zero-order valence-corrected chi connectivity index (χ0v) is 10.1. The Morgan fingerprint density at radius 2 is 1.71 bits per heavy atom. The fourth-order valence-corrected chi connectivity index (χ4v) is 1.02. The highest BCUT2D eigenvalue weighted by Gasteiger charge is 2.27. The number of Topliss-reactive ketones (excluding diaryl/α,β-unsaturated/α-hetero) is 2. The van der Waals surface area contributed by atoms with Crippen LogP contribution in [0.25, 0.3) is 0 Å². The van der Waals surface area contributed by atoms with Crippen LogP contribution in [0.2, 0.25) is 0 Å². The fourth-order valence-electron chi connectivity index (χ4n) is 1.02. The Kier molecular flexibility index (Phi) is 4.46. The minimum absolute atomic E-state index is 0.0960. The SMILES string of the molecule is CC(=O)[C@@H](C)[NH+](C)CC(=O)C(C)(C)C. The lowest BCUT2D eigenvalue weighted by Crippen LogP contribution is -3.14. The van der Waals surface area contributed by atoms with Gasteiger partial charge in [0.05, 0.1) is 7.05 Å². The lowest BCUT2D eigenvalue weighted by Gasteiger charge is -2.23. The molecule has 0 aromatic heterocycles. The third-order valence-corrected chi connectivity index (χ3v) is 2.62. The number of carbonyl (C=O) groups is 2. The second-order valence-corrected chi connectivity index (χ2v) is 5.03. The number of ketones is 2. The van der Waals surface area contributed by atoms with Crippen LogP contribution in [-0.2, 0) is 9.59 Å². The molecule has 0 aromatic rings. The Morgan fingerprint density at radius 3 is 2.00 bits per heavy atom. The van der Waals surface area contributed by atoms with Crippen molar-refractivity contribution in [3.63, 3.8) is 0 Å². The Bertz CT molecular complexity index is 228. The van der Waals surface area contributed by atoms with Gasteiger partial charge in [0.1, 0.15) is 12.6 Å². The van der Waals surface area contributed by atoms with Gasteiger partial charge in [0.2, 0.25) is 0 Å². The van der Waals surface area contributed by atoms with E-state index >= 15 is 0 Å². The summed E-state index contributed by atoms with van der Waals surface area (Å²) in [5.41, 5.74) is -0.308. The van der Waals surface area contributed by atoms with E-state index in [1.807, 2.05) is 34.7 Å². The van der Waals surface area contributed by atoms with E-state index in [9.17, 15) is 9.59 Å². The standard InChI is InChI=1S/C11H21NO2/c1-8(9(2)13)12(6)7-10(14)11(3,4)5/h8H,7H2,1-6H3/p+1/t8-/m1/s1. The summed E-state index contributed by atoms with van der Waals surface area (Å²) in [6, 6.07) is -0.0960. The van der Waals surface area contributed by atoms with E-state index in [1.54, 1.807) is 6.92 Å². The number of hydrogen-bond acceptors (Lipinski definition) is 2. The van der Waals surface area contributed by atoms with Gasteiger partial charge < -0.3 is 4.90 Å². The lowest BCUT2D eigenvalue weighted by atomic mass is 9.90. The van der Waals surface area contributed by atoms with Crippen molar-refractivity contribution in [2.45, 2.75) is 40.7 Å². The van der Waals surface area contributed by atoms with Crippen molar-refractivity contribution in [1.29, 1.82) is 0 Å².